The van der Waals surface area contributed by atoms with E-state index in [1.807, 2.05) is 6.92 Å². The second-order valence-corrected chi connectivity index (χ2v) is 9.96. The minimum Gasteiger partial charge on any atom is -0.495 e. The Kier molecular flexibility index (Phi) is 6.60. The molecule has 0 bridgehead atoms. The molecule has 1 aliphatic carbocycles. The molecule has 4 rings (SSSR count). The predicted molar refractivity (Wildman–Crippen MR) is 122 cm³/mol. The average molecular weight is 473 g/mol. The molecule has 2 aliphatic rings. The van der Waals surface area contributed by atoms with Crippen LogP contribution in [0, 0.1) is 11.8 Å². The van der Waals surface area contributed by atoms with E-state index in [1.54, 1.807) is 36.4 Å². The molecular weight excluding hydrogens is 444 g/mol. The minimum absolute atomic E-state index is 0.0419. The van der Waals surface area contributed by atoms with E-state index in [0.29, 0.717) is 23.6 Å². The highest BCUT2D eigenvalue weighted by atomic mass is 32.2. The van der Waals surface area contributed by atoms with Gasteiger partial charge in [0.05, 0.1) is 32.1 Å². The number of carbonyl (C=O) groups excluding carboxylic acids is 2. The molecule has 2 amide bonds. The topological polar surface area (TPSA) is 102 Å². The number of imide groups is 1. The predicted octanol–water partition coefficient (Wildman–Crippen LogP) is 3.57. The van der Waals surface area contributed by atoms with Gasteiger partial charge >= 0.3 is 0 Å². The van der Waals surface area contributed by atoms with Crippen LogP contribution in [0.15, 0.2) is 47.4 Å². The molecule has 0 aromatic heterocycles. The second-order valence-electron chi connectivity index (χ2n) is 8.31. The van der Waals surface area contributed by atoms with Crippen molar-refractivity contribution in [2.45, 2.75) is 44.0 Å². The lowest BCUT2D eigenvalue weighted by Crippen LogP contribution is -2.30. The van der Waals surface area contributed by atoms with Crippen molar-refractivity contribution in [2.24, 2.45) is 11.8 Å². The van der Waals surface area contributed by atoms with Gasteiger partial charge in [-0.25, -0.2) is 8.42 Å². The average Bonchev–Trinajstić information content (AvgIpc) is 3.05. The number of anilines is 1. The number of ether oxygens (including phenoxy) is 2. The van der Waals surface area contributed by atoms with Crippen LogP contribution in [-0.4, -0.2) is 38.8 Å². The summed E-state index contributed by atoms with van der Waals surface area (Å²) in [5.74, 6) is 0.0170. The highest BCUT2D eigenvalue weighted by Gasteiger charge is 2.47. The van der Waals surface area contributed by atoms with E-state index >= 15 is 0 Å². The van der Waals surface area contributed by atoms with Gasteiger partial charge in [-0.2, -0.15) is 0 Å². The van der Waals surface area contributed by atoms with Crippen LogP contribution in [-0.2, 0) is 26.2 Å². The van der Waals surface area contributed by atoms with Crippen molar-refractivity contribution in [3.63, 3.8) is 0 Å². The van der Waals surface area contributed by atoms with Gasteiger partial charge in [0.15, 0.2) is 0 Å². The number of hydrogen-bond donors (Lipinski definition) is 1. The first-order valence-corrected chi connectivity index (χ1v) is 12.6. The van der Waals surface area contributed by atoms with Crippen molar-refractivity contribution < 1.29 is 27.5 Å². The van der Waals surface area contributed by atoms with E-state index in [-0.39, 0.29) is 40.8 Å². The highest BCUT2D eigenvalue weighted by molar-refractivity contribution is 7.92. The van der Waals surface area contributed by atoms with Crippen molar-refractivity contribution >= 4 is 27.5 Å². The summed E-state index contributed by atoms with van der Waals surface area (Å²) in [6.45, 7) is 2.42. The normalized spacial score (nSPS) is 20.5. The molecule has 9 heteroatoms. The molecular formula is C24H28N2O6S. The molecule has 33 heavy (non-hydrogen) atoms. The second kappa shape index (κ2) is 9.43. The first-order chi connectivity index (χ1) is 15.8. The summed E-state index contributed by atoms with van der Waals surface area (Å²) in [5.41, 5.74) is 0.920. The highest BCUT2D eigenvalue weighted by Crippen LogP contribution is 2.39. The van der Waals surface area contributed by atoms with Gasteiger partial charge in [-0.1, -0.05) is 18.9 Å². The first-order valence-electron chi connectivity index (χ1n) is 11.1. The summed E-state index contributed by atoms with van der Waals surface area (Å²) in [5, 5.41) is 0. The summed E-state index contributed by atoms with van der Waals surface area (Å²) in [4.78, 5) is 26.8. The fourth-order valence-electron chi connectivity index (χ4n) is 4.59. The molecule has 1 aliphatic heterocycles. The molecule has 176 valence electrons. The van der Waals surface area contributed by atoms with E-state index in [9.17, 15) is 18.0 Å². The summed E-state index contributed by atoms with van der Waals surface area (Å²) in [7, 11) is -2.60. The van der Waals surface area contributed by atoms with Crippen molar-refractivity contribution in [1.29, 1.82) is 0 Å². The number of benzene rings is 2. The molecule has 1 N–H and O–H groups in total. The lowest BCUT2D eigenvalue weighted by atomic mass is 9.81. The smallest absolute Gasteiger partial charge is 0.265 e. The minimum atomic E-state index is -3.99. The maximum Gasteiger partial charge on any atom is 0.265 e. The Balaban J connectivity index is 1.57. The summed E-state index contributed by atoms with van der Waals surface area (Å²) < 4.78 is 39.5. The van der Waals surface area contributed by atoms with E-state index < -0.39 is 10.0 Å². The van der Waals surface area contributed by atoms with Gasteiger partial charge in [-0.3, -0.25) is 19.2 Å². The molecule has 2 aromatic carbocycles. The quantitative estimate of drug-likeness (QED) is 0.590. The van der Waals surface area contributed by atoms with Crippen molar-refractivity contribution in [3.8, 4) is 11.5 Å². The third-order valence-corrected chi connectivity index (χ3v) is 7.61. The fraction of sp³-hybridized carbons (Fsp3) is 0.417. The Hall–Kier alpha value is -3.07. The van der Waals surface area contributed by atoms with Crippen molar-refractivity contribution in [1.82, 2.24) is 4.90 Å². The number of sulfonamides is 1. The van der Waals surface area contributed by atoms with Gasteiger partial charge in [-0.05, 0) is 61.7 Å². The maximum absolute atomic E-state index is 13.1. The van der Waals surface area contributed by atoms with E-state index in [2.05, 4.69) is 4.72 Å². The number of nitrogens with one attached hydrogen (secondary N) is 1. The summed E-state index contributed by atoms with van der Waals surface area (Å²) >= 11 is 0. The van der Waals surface area contributed by atoms with Crippen LogP contribution >= 0.6 is 0 Å². The number of hydrogen-bond acceptors (Lipinski definition) is 6. The number of fused-ring (bicyclic) bond motifs is 1. The first kappa shape index (κ1) is 23.1. The molecule has 8 nitrogen and oxygen atoms in total. The third kappa shape index (κ3) is 4.68. The van der Waals surface area contributed by atoms with Crippen LogP contribution in [0.2, 0.25) is 0 Å². The van der Waals surface area contributed by atoms with Crippen LogP contribution < -0.4 is 14.2 Å². The van der Waals surface area contributed by atoms with Gasteiger partial charge in [0, 0.05) is 5.69 Å². The van der Waals surface area contributed by atoms with Gasteiger partial charge < -0.3 is 9.47 Å². The number of likely N-dealkylation sites (tertiary alicyclic amines) is 1. The van der Waals surface area contributed by atoms with Gasteiger partial charge in [0.25, 0.3) is 10.0 Å². The molecule has 1 heterocycles. The van der Waals surface area contributed by atoms with E-state index in [0.717, 1.165) is 25.7 Å². The number of nitrogens with zero attached hydrogens (tertiary/aromatic N) is 1. The van der Waals surface area contributed by atoms with Crippen LogP contribution in [0.5, 0.6) is 11.5 Å². The van der Waals surface area contributed by atoms with E-state index in [4.69, 9.17) is 9.47 Å². The molecule has 0 radical (unpaired) electrons. The molecule has 0 spiro atoms. The Bertz CT molecular complexity index is 1120. The largest absolute Gasteiger partial charge is 0.495 e. The Morgan fingerprint density at radius 2 is 1.64 bits per heavy atom. The molecule has 2 aromatic rings. The maximum atomic E-state index is 13.1. The van der Waals surface area contributed by atoms with E-state index in [1.165, 1.54) is 18.1 Å². The van der Waals surface area contributed by atoms with Gasteiger partial charge in [0.2, 0.25) is 11.8 Å². The van der Waals surface area contributed by atoms with Crippen molar-refractivity contribution in [3.05, 3.63) is 48.0 Å². The Morgan fingerprint density at radius 1 is 1.00 bits per heavy atom. The number of rotatable bonds is 8. The zero-order valence-corrected chi connectivity index (χ0v) is 19.6. The number of carbonyl (C=O) groups is 2. The zero-order valence-electron chi connectivity index (χ0n) is 18.7. The fourth-order valence-corrected chi connectivity index (χ4v) is 5.87. The molecule has 2 fully saturated rings. The lowest BCUT2D eigenvalue weighted by molar-refractivity contribution is -0.140. The Morgan fingerprint density at radius 3 is 2.21 bits per heavy atom. The summed E-state index contributed by atoms with van der Waals surface area (Å²) in [6.07, 6.45) is 3.38. The van der Waals surface area contributed by atoms with Gasteiger partial charge in [-0.15, -0.1) is 0 Å². The Labute approximate surface area is 193 Å². The van der Waals surface area contributed by atoms with Crippen LogP contribution in [0.4, 0.5) is 5.69 Å². The SMILES string of the molecule is CCOc1ccc(NS(=O)(=O)c2cc(CN3C(=O)C4CCCCC4C3=O)ccc2OC)cc1. The molecule has 2 unspecified atom stereocenters. The summed E-state index contributed by atoms with van der Waals surface area (Å²) in [6, 6.07) is 11.3. The lowest BCUT2D eigenvalue weighted by Gasteiger charge is -2.19. The van der Waals surface area contributed by atoms with Crippen LogP contribution in [0.1, 0.15) is 38.2 Å². The number of amides is 2. The van der Waals surface area contributed by atoms with Crippen LogP contribution in [0.25, 0.3) is 0 Å². The van der Waals surface area contributed by atoms with Gasteiger partial charge in [0.1, 0.15) is 16.4 Å². The standard InChI is InChI=1S/C24H28N2O6S/c1-3-32-18-11-9-17(10-12-18)25-33(29,30)22-14-16(8-13-21(22)31-2)15-26-23(27)19-6-4-5-7-20(19)24(26)28/h8-14,19-20,25H,3-7,15H2,1-2H3. The van der Waals surface area contributed by atoms with Crippen LogP contribution in [0.3, 0.4) is 0 Å². The third-order valence-electron chi connectivity index (χ3n) is 6.21. The number of methoxy groups -OCH3 is 1. The monoisotopic (exact) mass is 472 g/mol. The molecule has 2 atom stereocenters. The molecule has 1 saturated heterocycles. The molecule has 1 saturated carbocycles. The zero-order chi connectivity index (χ0) is 23.6. The van der Waals surface area contributed by atoms with Crippen molar-refractivity contribution in [2.75, 3.05) is 18.4 Å².